The van der Waals surface area contributed by atoms with Gasteiger partial charge in [0.05, 0.1) is 15.8 Å². The second-order valence-electron chi connectivity index (χ2n) is 6.21. The summed E-state index contributed by atoms with van der Waals surface area (Å²) in [6, 6.07) is 6.28. The molecule has 0 heterocycles. The van der Waals surface area contributed by atoms with E-state index >= 15 is 0 Å². The van der Waals surface area contributed by atoms with Crippen molar-refractivity contribution in [3.05, 3.63) is 59.7 Å². The lowest BCUT2D eigenvalue weighted by Gasteiger charge is -2.22. The van der Waals surface area contributed by atoms with Gasteiger partial charge in [0, 0.05) is 0 Å². The molecule has 0 saturated heterocycles. The van der Waals surface area contributed by atoms with Crippen LogP contribution in [0.2, 0.25) is 0 Å². The van der Waals surface area contributed by atoms with E-state index in [1.54, 1.807) is 6.92 Å². The molecule has 2 rings (SSSR count). The molecular formula is C17H16F3NO7S2. The SMILES string of the molecule is Cc1ccc(S(=O)(=O)N[C@@H](c2ccc(S(=O)(=O)C(F)(F)F)cc2)[C@@H](O)C(=O)O)cc1. The summed E-state index contributed by atoms with van der Waals surface area (Å²) in [5, 5.41) is 19.0. The number of sulfonamides is 1. The molecular weight excluding hydrogens is 451 g/mol. The third-order valence-corrected chi connectivity index (χ3v) is 7.00. The van der Waals surface area contributed by atoms with E-state index in [4.69, 9.17) is 5.11 Å². The van der Waals surface area contributed by atoms with E-state index in [0.717, 1.165) is 17.7 Å². The first kappa shape index (κ1) is 23.8. The van der Waals surface area contributed by atoms with Crippen LogP contribution in [0.25, 0.3) is 0 Å². The molecule has 2 atom stereocenters. The predicted molar refractivity (Wildman–Crippen MR) is 97.6 cm³/mol. The summed E-state index contributed by atoms with van der Waals surface area (Å²) in [6.45, 7) is 1.71. The molecule has 164 valence electrons. The highest BCUT2D eigenvalue weighted by atomic mass is 32.2. The lowest BCUT2D eigenvalue weighted by molar-refractivity contribution is -0.148. The third-order valence-electron chi connectivity index (χ3n) is 4.04. The van der Waals surface area contributed by atoms with Crippen LogP contribution in [0.15, 0.2) is 58.3 Å². The Hall–Kier alpha value is -2.48. The van der Waals surface area contributed by atoms with Crippen LogP contribution in [0.4, 0.5) is 13.2 Å². The van der Waals surface area contributed by atoms with Crippen molar-refractivity contribution in [1.29, 1.82) is 0 Å². The Morgan fingerprint density at radius 1 is 0.933 bits per heavy atom. The summed E-state index contributed by atoms with van der Waals surface area (Å²) >= 11 is 0. The van der Waals surface area contributed by atoms with Crippen LogP contribution in [-0.4, -0.2) is 44.6 Å². The van der Waals surface area contributed by atoms with Gasteiger partial charge in [-0.05, 0) is 36.8 Å². The number of aliphatic carboxylic acids is 1. The average molecular weight is 467 g/mol. The highest BCUT2D eigenvalue weighted by Crippen LogP contribution is 2.31. The molecule has 2 aromatic rings. The highest BCUT2D eigenvalue weighted by Gasteiger charge is 2.47. The van der Waals surface area contributed by atoms with Gasteiger partial charge in [-0.15, -0.1) is 0 Å². The summed E-state index contributed by atoms with van der Waals surface area (Å²) in [5.41, 5.74) is -5.07. The van der Waals surface area contributed by atoms with Crippen LogP contribution in [0.1, 0.15) is 17.2 Å². The largest absolute Gasteiger partial charge is 0.501 e. The van der Waals surface area contributed by atoms with Gasteiger partial charge in [-0.3, -0.25) is 0 Å². The molecule has 2 aromatic carbocycles. The van der Waals surface area contributed by atoms with Crippen molar-refractivity contribution in [3.63, 3.8) is 0 Å². The fourth-order valence-electron chi connectivity index (χ4n) is 2.40. The number of aryl methyl sites for hydroxylation is 1. The van der Waals surface area contributed by atoms with Crippen LogP contribution in [0.3, 0.4) is 0 Å². The molecule has 0 amide bonds. The fourth-order valence-corrected chi connectivity index (χ4v) is 4.39. The van der Waals surface area contributed by atoms with E-state index in [2.05, 4.69) is 0 Å². The number of hydrogen-bond donors (Lipinski definition) is 3. The number of aliphatic hydroxyl groups excluding tert-OH is 1. The maximum atomic E-state index is 12.7. The van der Waals surface area contributed by atoms with E-state index in [9.17, 15) is 39.9 Å². The Morgan fingerprint density at radius 2 is 1.40 bits per heavy atom. The molecule has 0 radical (unpaired) electrons. The molecule has 13 heteroatoms. The Balaban J connectivity index is 2.45. The number of carboxylic acid groups (broad SMARTS) is 1. The smallest absolute Gasteiger partial charge is 0.479 e. The summed E-state index contributed by atoms with van der Waals surface area (Å²) in [4.78, 5) is 9.84. The molecule has 8 nitrogen and oxygen atoms in total. The molecule has 0 unspecified atom stereocenters. The summed E-state index contributed by atoms with van der Waals surface area (Å²) in [6.07, 6.45) is -2.31. The van der Waals surface area contributed by atoms with Crippen molar-refractivity contribution in [1.82, 2.24) is 4.72 Å². The van der Waals surface area contributed by atoms with Gasteiger partial charge in [-0.1, -0.05) is 29.8 Å². The maximum Gasteiger partial charge on any atom is 0.501 e. The van der Waals surface area contributed by atoms with Crippen LogP contribution >= 0.6 is 0 Å². The molecule has 0 fully saturated rings. The second-order valence-corrected chi connectivity index (χ2v) is 9.87. The van der Waals surface area contributed by atoms with Crippen molar-refractivity contribution < 1.29 is 45.0 Å². The number of aliphatic hydroxyl groups is 1. The van der Waals surface area contributed by atoms with Crippen LogP contribution in [0, 0.1) is 6.92 Å². The van der Waals surface area contributed by atoms with Crippen molar-refractivity contribution in [3.8, 4) is 0 Å². The lowest BCUT2D eigenvalue weighted by Crippen LogP contribution is -2.40. The Morgan fingerprint density at radius 3 is 1.83 bits per heavy atom. The number of hydrogen-bond acceptors (Lipinski definition) is 6. The first-order chi connectivity index (χ1) is 13.7. The van der Waals surface area contributed by atoms with Gasteiger partial charge in [0.2, 0.25) is 10.0 Å². The van der Waals surface area contributed by atoms with E-state index in [1.165, 1.54) is 24.3 Å². The summed E-state index contributed by atoms with van der Waals surface area (Å²) < 4.78 is 87.9. The normalized spacial score (nSPS) is 14.8. The zero-order valence-electron chi connectivity index (χ0n) is 15.2. The lowest BCUT2D eigenvalue weighted by atomic mass is 10.0. The number of alkyl halides is 3. The van der Waals surface area contributed by atoms with Crippen molar-refractivity contribution in [2.45, 2.75) is 34.4 Å². The molecule has 0 aliphatic rings. The molecule has 30 heavy (non-hydrogen) atoms. The Kier molecular flexibility index (Phi) is 6.61. The van der Waals surface area contributed by atoms with Crippen LogP contribution < -0.4 is 4.72 Å². The molecule has 0 bridgehead atoms. The number of benzene rings is 2. The van der Waals surface area contributed by atoms with E-state index in [-0.39, 0.29) is 10.5 Å². The summed E-state index contributed by atoms with van der Waals surface area (Å²) in [7, 11) is -9.99. The second kappa shape index (κ2) is 8.34. The first-order valence-electron chi connectivity index (χ1n) is 8.08. The molecule has 0 aliphatic heterocycles. The predicted octanol–water partition coefficient (Wildman–Crippen LogP) is 1.75. The van der Waals surface area contributed by atoms with E-state index in [0.29, 0.717) is 12.1 Å². The van der Waals surface area contributed by atoms with Gasteiger partial charge in [0.15, 0.2) is 6.10 Å². The van der Waals surface area contributed by atoms with Crippen molar-refractivity contribution in [2.75, 3.05) is 0 Å². The third kappa shape index (κ3) is 4.98. The molecule has 3 N–H and O–H groups in total. The number of halogens is 3. The highest BCUT2D eigenvalue weighted by molar-refractivity contribution is 7.92. The molecule has 0 saturated carbocycles. The van der Waals surface area contributed by atoms with Gasteiger partial charge in [-0.25, -0.2) is 26.4 Å². The number of carboxylic acids is 1. The van der Waals surface area contributed by atoms with E-state index in [1.807, 2.05) is 4.72 Å². The number of carbonyl (C=O) groups is 1. The maximum absolute atomic E-state index is 12.7. The van der Waals surface area contributed by atoms with E-state index < -0.39 is 48.4 Å². The number of sulfone groups is 1. The van der Waals surface area contributed by atoms with Gasteiger partial charge in [-0.2, -0.15) is 13.2 Å². The topological polar surface area (TPSA) is 138 Å². The molecule has 0 aliphatic carbocycles. The van der Waals surface area contributed by atoms with Crippen LogP contribution in [-0.2, 0) is 24.7 Å². The van der Waals surface area contributed by atoms with Gasteiger partial charge >= 0.3 is 11.5 Å². The zero-order valence-corrected chi connectivity index (χ0v) is 16.8. The average Bonchev–Trinajstić information content (AvgIpc) is 2.65. The minimum atomic E-state index is -5.66. The number of nitrogens with one attached hydrogen (secondary N) is 1. The Labute approximate surface area is 169 Å². The monoisotopic (exact) mass is 467 g/mol. The quantitative estimate of drug-likeness (QED) is 0.564. The molecule has 0 spiro atoms. The zero-order chi connectivity index (χ0) is 22.9. The van der Waals surface area contributed by atoms with Crippen molar-refractivity contribution >= 4 is 25.8 Å². The van der Waals surface area contributed by atoms with Crippen molar-refractivity contribution in [2.24, 2.45) is 0 Å². The van der Waals surface area contributed by atoms with Gasteiger partial charge in [0.25, 0.3) is 9.84 Å². The standard InChI is InChI=1S/C17H16F3NO7S2/c1-10-2-6-13(7-3-10)30(27,28)21-14(15(22)16(23)24)11-4-8-12(9-5-11)29(25,26)17(18,19)20/h2-9,14-15,21-22H,1H3,(H,23,24)/t14-,15+/m0/s1. The van der Waals surface area contributed by atoms with Gasteiger partial charge in [0.1, 0.15) is 0 Å². The Bertz CT molecular complexity index is 1130. The first-order valence-corrected chi connectivity index (χ1v) is 11.0. The summed E-state index contributed by atoms with van der Waals surface area (Å²) in [5.74, 6) is -1.81. The minimum Gasteiger partial charge on any atom is -0.479 e. The van der Waals surface area contributed by atoms with Gasteiger partial charge < -0.3 is 10.2 Å². The fraction of sp³-hybridized carbons (Fsp3) is 0.235. The van der Waals surface area contributed by atoms with Crippen LogP contribution in [0.5, 0.6) is 0 Å². The number of rotatable bonds is 7. The molecule has 0 aromatic heterocycles. The minimum absolute atomic E-state index is 0.244.